The van der Waals surface area contributed by atoms with Crippen molar-refractivity contribution in [2.75, 3.05) is 6.61 Å². The lowest BCUT2D eigenvalue weighted by Gasteiger charge is -2.10. The molecule has 0 spiro atoms. The van der Waals surface area contributed by atoms with Crippen molar-refractivity contribution in [3.8, 4) is 5.75 Å². The number of hydrogen-bond donors (Lipinski definition) is 1. The van der Waals surface area contributed by atoms with Crippen LogP contribution < -0.4 is 4.74 Å². The molecule has 1 aromatic carbocycles. The van der Waals surface area contributed by atoms with Crippen LogP contribution in [0.2, 0.25) is 0 Å². The molecule has 0 heterocycles. The van der Waals surface area contributed by atoms with Crippen molar-refractivity contribution in [1.29, 1.82) is 0 Å². The molecular formula is C11H14BrFO2. The Bertz CT molecular complexity index is 329. The molecule has 1 rings (SSSR count). The Kier molecular flexibility index (Phi) is 5.05. The average molecular weight is 277 g/mol. The highest BCUT2D eigenvalue weighted by Gasteiger charge is 2.08. The molecule has 0 aliphatic heterocycles. The van der Waals surface area contributed by atoms with E-state index in [0.29, 0.717) is 22.4 Å². The minimum atomic E-state index is -0.376. The first-order valence-electron chi connectivity index (χ1n) is 4.90. The van der Waals surface area contributed by atoms with E-state index in [9.17, 15) is 4.39 Å². The first kappa shape index (κ1) is 12.5. The van der Waals surface area contributed by atoms with E-state index in [4.69, 9.17) is 9.84 Å². The second-order valence-corrected chi connectivity index (χ2v) is 4.09. The van der Waals surface area contributed by atoms with E-state index in [1.165, 1.54) is 12.1 Å². The summed E-state index contributed by atoms with van der Waals surface area (Å²) < 4.78 is 18.9. The van der Waals surface area contributed by atoms with Gasteiger partial charge in [0.2, 0.25) is 0 Å². The molecule has 2 nitrogen and oxygen atoms in total. The molecule has 0 saturated heterocycles. The minimum Gasteiger partial charge on any atom is -0.493 e. The van der Waals surface area contributed by atoms with E-state index in [0.717, 1.165) is 12.8 Å². The van der Waals surface area contributed by atoms with Gasteiger partial charge in [-0.3, -0.25) is 0 Å². The molecule has 0 saturated carbocycles. The van der Waals surface area contributed by atoms with Crippen LogP contribution >= 0.6 is 15.9 Å². The zero-order valence-corrected chi connectivity index (χ0v) is 10.2. The van der Waals surface area contributed by atoms with Gasteiger partial charge in [-0.25, -0.2) is 4.39 Å². The van der Waals surface area contributed by atoms with Crippen LogP contribution in [0, 0.1) is 5.82 Å². The molecule has 0 aromatic heterocycles. The van der Waals surface area contributed by atoms with Crippen LogP contribution in [0.1, 0.15) is 25.3 Å². The molecule has 0 unspecified atom stereocenters. The number of unbranched alkanes of at least 4 members (excludes halogenated alkanes) is 1. The predicted molar refractivity (Wildman–Crippen MR) is 60.4 cm³/mol. The SMILES string of the molecule is CCCCOc1cc(F)c(Br)cc1CO. The number of aliphatic hydroxyl groups excluding tert-OH is 1. The molecule has 1 aromatic rings. The maximum absolute atomic E-state index is 13.2. The molecule has 15 heavy (non-hydrogen) atoms. The lowest BCUT2D eigenvalue weighted by Crippen LogP contribution is -2.01. The van der Waals surface area contributed by atoms with Gasteiger partial charge >= 0.3 is 0 Å². The summed E-state index contributed by atoms with van der Waals surface area (Å²) in [6, 6.07) is 2.84. The van der Waals surface area contributed by atoms with Gasteiger partial charge < -0.3 is 9.84 Å². The number of ether oxygens (including phenoxy) is 1. The Hall–Kier alpha value is -0.610. The largest absolute Gasteiger partial charge is 0.493 e. The second kappa shape index (κ2) is 6.08. The second-order valence-electron chi connectivity index (χ2n) is 3.23. The summed E-state index contributed by atoms with van der Waals surface area (Å²) in [5.74, 6) is 0.0466. The summed E-state index contributed by atoms with van der Waals surface area (Å²) in [7, 11) is 0. The van der Waals surface area contributed by atoms with Gasteiger partial charge in [-0.05, 0) is 28.4 Å². The Morgan fingerprint density at radius 1 is 1.47 bits per heavy atom. The third kappa shape index (κ3) is 3.47. The van der Waals surface area contributed by atoms with Crippen molar-refractivity contribution in [1.82, 2.24) is 0 Å². The smallest absolute Gasteiger partial charge is 0.141 e. The van der Waals surface area contributed by atoms with Crippen LogP contribution in [0.5, 0.6) is 5.75 Å². The van der Waals surface area contributed by atoms with E-state index < -0.39 is 0 Å². The number of benzene rings is 1. The number of rotatable bonds is 5. The highest BCUT2D eigenvalue weighted by Crippen LogP contribution is 2.26. The number of aliphatic hydroxyl groups is 1. The summed E-state index contributed by atoms with van der Waals surface area (Å²) in [5.41, 5.74) is 0.597. The fourth-order valence-electron chi connectivity index (χ4n) is 1.15. The Labute approximate surface area is 97.2 Å². The molecule has 0 amide bonds. The Balaban J connectivity index is 2.80. The molecule has 0 atom stereocenters. The molecule has 0 fully saturated rings. The first-order chi connectivity index (χ1) is 7.19. The molecule has 4 heteroatoms. The number of hydrogen-bond acceptors (Lipinski definition) is 2. The van der Waals surface area contributed by atoms with Crippen LogP contribution in [-0.4, -0.2) is 11.7 Å². The van der Waals surface area contributed by atoms with E-state index in [2.05, 4.69) is 22.9 Å². The van der Waals surface area contributed by atoms with Gasteiger partial charge in [0, 0.05) is 11.6 Å². The lowest BCUT2D eigenvalue weighted by molar-refractivity contribution is 0.260. The van der Waals surface area contributed by atoms with Crippen molar-refractivity contribution >= 4 is 15.9 Å². The van der Waals surface area contributed by atoms with Crippen molar-refractivity contribution in [2.24, 2.45) is 0 Å². The highest BCUT2D eigenvalue weighted by molar-refractivity contribution is 9.10. The van der Waals surface area contributed by atoms with E-state index >= 15 is 0 Å². The summed E-state index contributed by atoms with van der Waals surface area (Å²) in [5, 5.41) is 9.07. The maximum atomic E-state index is 13.2. The predicted octanol–water partition coefficient (Wildman–Crippen LogP) is 3.26. The molecular weight excluding hydrogens is 263 g/mol. The summed E-state index contributed by atoms with van der Waals surface area (Å²) >= 11 is 3.06. The normalized spacial score (nSPS) is 10.4. The van der Waals surface area contributed by atoms with Gasteiger partial charge in [-0.15, -0.1) is 0 Å². The molecule has 0 bridgehead atoms. The zero-order valence-electron chi connectivity index (χ0n) is 8.59. The Morgan fingerprint density at radius 2 is 2.20 bits per heavy atom. The molecule has 0 aliphatic carbocycles. The fourth-order valence-corrected chi connectivity index (χ4v) is 1.54. The topological polar surface area (TPSA) is 29.5 Å². The third-order valence-electron chi connectivity index (χ3n) is 2.03. The molecule has 0 aliphatic rings. The highest BCUT2D eigenvalue weighted by atomic mass is 79.9. The fraction of sp³-hybridized carbons (Fsp3) is 0.455. The third-order valence-corrected chi connectivity index (χ3v) is 2.64. The molecule has 1 N–H and O–H groups in total. The van der Waals surface area contributed by atoms with E-state index in [1.807, 2.05) is 0 Å². The van der Waals surface area contributed by atoms with Gasteiger partial charge in [0.1, 0.15) is 11.6 Å². The lowest BCUT2D eigenvalue weighted by atomic mass is 10.2. The maximum Gasteiger partial charge on any atom is 0.141 e. The van der Waals surface area contributed by atoms with Crippen molar-refractivity contribution in [3.05, 3.63) is 28.0 Å². The van der Waals surface area contributed by atoms with E-state index in [-0.39, 0.29) is 12.4 Å². The Morgan fingerprint density at radius 3 is 2.80 bits per heavy atom. The summed E-state index contributed by atoms with van der Waals surface area (Å²) in [4.78, 5) is 0. The quantitative estimate of drug-likeness (QED) is 0.837. The first-order valence-corrected chi connectivity index (χ1v) is 5.70. The molecule has 84 valence electrons. The van der Waals surface area contributed by atoms with Gasteiger partial charge in [-0.1, -0.05) is 13.3 Å². The van der Waals surface area contributed by atoms with Gasteiger partial charge in [0.15, 0.2) is 0 Å². The zero-order chi connectivity index (χ0) is 11.3. The van der Waals surface area contributed by atoms with Crippen molar-refractivity contribution < 1.29 is 14.2 Å². The summed E-state index contributed by atoms with van der Waals surface area (Å²) in [6.07, 6.45) is 1.94. The monoisotopic (exact) mass is 276 g/mol. The van der Waals surface area contributed by atoms with Gasteiger partial charge in [0.25, 0.3) is 0 Å². The van der Waals surface area contributed by atoms with Gasteiger partial charge in [0.05, 0.1) is 17.7 Å². The van der Waals surface area contributed by atoms with E-state index in [1.54, 1.807) is 0 Å². The minimum absolute atomic E-state index is 0.152. The standard InChI is InChI=1S/C11H14BrFO2/c1-2-3-4-15-11-6-10(13)9(12)5-8(11)7-14/h5-6,14H,2-4,7H2,1H3. The van der Waals surface area contributed by atoms with Crippen LogP contribution in [-0.2, 0) is 6.61 Å². The van der Waals surface area contributed by atoms with Crippen LogP contribution in [0.15, 0.2) is 16.6 Å². The summed E-state index contributed by atoms with van der Waals surface area (Å²) in [6.45, 7) is 2.45. The van der Waals surface area contributed by atoms with Crippen LogP contribution in [0.25, 0.3) is 0 Å². The van der Waals surface area contributed by atoms with Crippen molar-refractivity contribution in [3.63, 3.8) is 0 Å². The molecule has 0 radical (unpaired) electrons. The van der Waals surface area contributed by atoms with Gasteiger partial charge in [-0.2, -0.15) is 0 Å². The van der Waals surface area contributed by atoms with Crippen molar-refractivity contribution in [2.45, 2.75) is 26.4 Å². The number of halogens is 2. The average Bonchev–Trinajstić information content (AvgIpc) is 2.23. The van der Waals surface area contributed by atoms with Crippen LogP contribution in [0.3, 0.4) is 0 Å². The van der Waals surface area contributed by atoms with Crippen LogP contribution in [0.4, 0.5) is 4.39 Å².